The van der Waals surface area contributed by atoms with Crippen molar-refractivity contribution in [3.8, 4) is 11.1 Å². The van der Waals surface area contributed by atoms with Gasteiger partial charge in [-0.1, -0.05) is 36.4 Å². The third-order valence-electron chi connectivity index (χ3n) is 5.88. The lowest BCUT2D eigenvalue weighted by Gasteiger charge is -2.16. The summed E-state index contributed by atoms with van der Waals surface area (Å²) in [5, 5.41) is 11.4. The van der Waals surface area contributed by atoms with Crippen LogP contribution in [-0.4, -0.2) is 33.4 Å². The molecule has 0 radical (unpaired) electrons. The number of carboxylic acid groups (broad SMARTS) is 1. The zero-order chi connectivity index (χ0) is 27.5. The molecular weight excluding hydrogens is 491 g/mol. The molecule has 0 saturated carbocycles. The second-order valence-electron chi connectivity index (χ2n) is 8.42. The van der Waals surface area contributed by atoms with E-state index in [1.165, 1.54) is 42.8 Å². The number of rotatable bonds is 5. The first-order valence-corrected chi connectivity index (χ1v) is 11.1. The molecule has 1 atom stereocenters. The number of carboxylic acids is 1. The van der Waals surface area contributed by atoms with Gasteiger partial charge in [0.05, 0.1) is 11.1 Å². The van der Waals surface area contributed by atoms with Crippen molar-refractivity contribution in [1.82, 2.24) is 4.57 Å². The highest BCUT2D eigenvalue weighted by Gasteiger charge is 2.36. The number of anilines is 1. The van der Waals surface area contributed by atoms with Crippen LogP contribution in [0.3, 0.4) is 0 Å². The number of pyridine rings is 1. The molecule has 1 aromatic heterocycles. The fourth-order valence-corrected chi connectivity index (χ4v) is 3.81. The van der Waals surface area contributed by atoms with Crippen LogP contribution < -0.4 is 16.6 Å². The molecule has 4 rings (SSSR count). The summed E-state index contributed by atoms with van der Waals surface area (Å²) in [5.41, 5.74) is 5.21. The Morgan fingerprint density at radius 3 is 2.24 bits per heavy atom. The van der Waals surface area contributed by atoms with E-state index in [0.717, 1.165) is 6.07 Å². The van der Waals surface area contributed by atoms with Crippen LogP contribution in [-0.2, 0) is 29.2 Å². The molecule has 37 heavy (non-hydrogen) atoms. The number of alkyl halides is 3. The van der Waals surface area contributed by atoms with Crippen molar-refractivity contribution in [2.45, 2.75) is 32.0 Å². The smallest absolute Gasteiger partial charge is 0.417 e. The number of amides is 1. The van der Waals surface area contributed by atoms with Gasteiger partial charge in [-0.05, 0) is 42.7 Å². The number of aliphatic carboxylic acids is 1. The summed E-state index contributed by atoms with van der Waals surface area (Å²) < 4.78 is 41.1. The van der Waals surface area contributed by atoms with Crippen molar-refractivity contribution in [3.63, 3.8) is 0 Å². The van der Waals surface area contributed by atoms with Crippen molar-refractivity contribution in [2.75, 3.05) is 5.32 Å². The van der Waals surface area contributed by atoms with Crippen LogP contribution in [0.25, 0.3) is 11.1 Å². The fraction of sp³-hybridized carbons (Fsp3) is 0.231. The number of benzene rings is 2. The summed E-state index contributed by atoms with van der Waals surface area (Å²) in [4.78, 5) is 45.2. The second-order valence-corrected chi connectivity index (χ2v) is 8.42. The monoisotopic (exact) mass is 515 g/mol. The average Bonchev–Trinajstić information content (AvgIpc) is 3.18. The Morgan fingerprint density at radius 2 is 1.70 bits per heavy atom. The Balaban J connectivity index is 0.000000244. The summed E-state index contributed by atoms with van der Waals surface area (Å²) in [6, 6.07) is 12.9. The molecule has 0 spiro atoms. The number of aromatic nitrogens is 1. The molecule has 8 nitrogen and oxygen atoms in total. The van der Waals surface area contributed by atoms with Gasteiger partial charge >= 0.3 is 12.1 Å². The lowest BCUT2D eigenvalue weighted by molar-refractivity contribution is -0.138. The number of ketones is 1. The van der Waals surface area contributed by atoms with E-state index >= 15 is 0 Å². The molecule has 11 heteroatoms. The standard InChI is InChI=1S/C17H16F3NO3.C9H8N2O2/c1-10-9-13(17(18,19)20)15(16(24)21(10)2)12-6-3-11(4-7-12)5-8-14(22)23;10-9(13)7-8(12)5-3-1-2-4-6(5)11-7/h3-4,6-7,9H,5,8H2,1-2H3,(H,22,23);1-4,7,11H,(H2,10,13). The van der Waals surface area contributed by atoms with Crippen LogP contribution in [0.4, 0.5) is 18.9 Å². The summed E-state index contributed by atoms with van der Waals surface area (Å²) >= 11 is 0. The third kappa shape index (κ3) is 6.05. The number of primary amides is 1. The van der Waals surface area contributed by atoms with Crippen molar-refractivity contribution in [3.05, 3.63) is 87.3 Å². The molecule has 3 aromatic rings. The number of Topliss-reactive ketones (excluding diaryl/α,β-unsaturated/α-hetero) is 1. The van der Waals surface area contributed by atoms with E-state index in [-0.39, 0.29) is 29.9 Å². The molecule has 4 N–H and O–H groups in total. The topological polar surface area (TPSA) is 131 Å². The quantitative estimate of drug-likeness (QED) is 0.446. The Kier molecular flexibility index (Phi) is 7.85. The van der Waals surface area contributed by atoms with E-state index < -0.39 is 40.8 Å². The second kappa shape index (κ2) is 10.7. The van der Waals surface area contributed by atoms with Gasteiger partial charge < -0.3 is 20.7 Å². The maximum absolute atomic E-state index is 13.3. The van der Waals surface area contributed by atoms with E-state index in [2.05, 4.69) is 5.32 Å². The predicted octanol–water partition coefficient (Wildman–Crippen LogP) is 3.55. The summed E-state index contributed by atoms with van der Waals surface area (Å²) in [7, 11) is 1.42. The number of hydrogen-bond acceptors (Lipinski definition) is 5. The number of nitrogens with one attached hydrogen (secondary N) is 1. The van der Waals surface area contributed by atoms with Gasteiger partial charge in [0.2, 0.25) is 5.91 Å². The fourth-order valence-electron chi connectivity index (χ4n) is 3.81. The maximum atomic E-state index is 13.3. The van der Waals surface area contributed by atoms with Crippen LogP contribution >= 0.6 is 0 Å². The molecule has 0 fully saturated rings. The van der Waals surface area contributed by atoms with Crippen LogP contribution in [0.15, 0.2) is 59.4 Å². The largest absolute Gasteiger partial charge is 0.481 e. The van der Waals surface area contributed by atoms with Gasteiger partial charge in [-0.15, -0.1) is 0 Å². The normalized spacial score (nSPS) is 14.3. The minimum Gasteiger partial charge on any atom is -0.481 e. The highest BCUT2D eigenvalue weighted by molar-refractivity contribution is 6.21. The third-order valence-corrected chi connectivity index (χ3v) is 5.88. The number of carbonyl (C=O) groups excluding carboxylic acids is 2. The number of nitrogens with two attached hydrogens (primary N) is 1. The zero-order valence-electron chi connectivity index (χ0n) is 19.9. The molecule has 0 bridgehead atoms. The Hall–Kier alpha value is -4.41. The number of para-hydroxylation sites is 1. The number of halogens is 3. The van der Waals surface area contributed by atoms with Crippen molar-refractivity contribution in [1.29, 1.82) is 0 Å². The van der Waals surface area contributed by atoms with Gasteiger partial charge in [0, 0.05) is 30.4 Å². The van der Waals surface area contributed by atoms with Crippen LogP contribution in [0.5, 0.6) is 0 Å². The minimum absolute atomic E-state index is 0.0700. The molecule has 2 aromatic carbocycles. The molecule has 1 aliphatic heterocycles. The first-order chi connectivity index (χ1) is 17.3. The van der Waals surface area contributed by atoms with E-state index in [9.17, 15) is 32.3 Å². The lowest BCUT2D eigenvalue weighted by Crippen LogP contribution is -2.37. The Morgan fingerprint density at radius 1 is 1.08 bits per heavy atom. The van der Waals surface area contributed by atoms with Crippen LogP contribution in [0.2, 0.25) is 0 Å². The van der Waals surface area contributed by atoms with Gasteiger partial charge in [-0.3, -0.25) is 19.2 Å². The summed E-state index contributed by atoms with van der Waals surface area (Å²) in [6.07, 6.45) is -4.44. The van der Waals surface area contributed by atoms with E-state index in [1.54, 1.807) is 24.3 Å². The maximum Gasteiger partial charge on any atom is 0.417 e. The van der Waals surface area contributed by atoms with E-state index in [1.807, 2.05) is 0 Å². The van der Waals surface area contributed by atoms with E-state index in [4.69, 9.17) is 10.8 Å². The first kappa shape index (κ1) is 27.2. The van der Waals surface area contributed by atoms with Gasteiger partial charge in [-0.2, -0.15) is 13.2 Å². The number of fused-ring (bicyclic) bond motifs is 1. The summed E-state index contributed by atoms with van der Waals surface area (Å²) in [6.45, 7) is 1.44. The molecule has 0 saturated heterocycles. The molecule has 1 unspecified atom stereocenters. The van der Waals surface area contributed by atoms with Gasteiger partial charge in [0.25, 0.3) is 5.56 Å². The first-order valence-electron chi connectivity index (χ1n) is 11.1. The average molecular weight is 515 g/mol. The van der Waals surface area contributed by atoms with Crippen LogP contribution in [0.1, 0.15) is 33.6 Å². The molecule has 0 aliphatic carbocycles. The van der Waals surface area contributed by atoms with Gasteiger partial charge in [-0.25, -0.2) is 0 Å². The Labute approximate surface area is 209 Å². The van der Waals surface area contributed by atoms with Gasteiger partial charge in [0.15, 0.2) is 11.8 Å². The van der Waals surface area contributed by atoms with Crippen molar-refractivity contribution in [2.24, 2.45) is 12.8 Å². The zero-order valence-corrected chi connectivity index (χ0v) is 19.9. The SMILES string of the molecule is Cc1cc(C(F)(F)F)c(-c2ccc(CCC(=O)O)cc2)c(=O)n1C.NC(=O)C1Nc2ccccc2C1=O. The highest BCUT2D eigenvalue weighted by atomic mass is 19.4. The summed E-state index contributed by atoms with van der Waals surface area (Å²) in [5.74, 6) is -1.84. The molecule has 1 aliphatic rings. The van der Waals surface area contributed by atoms with E-state index in [0.29, 0.717) is 16.8 Å². The molecule has 194 valence electrons. The number of carbonyl (C=O) groups is 3. The van der Waals surface area contributed by atoms with Crippen molar-refractivity contribution < 1.29 is 32.7 Å². The molecule has 1 amide bonds. The predicted molar refractivity (Wildman–Crippen MR) is 130 cm³/mol. The Bertz CT molecular complexity index is 1410. The van der Waals surface area contributed by atoms with Gasteiger partial charge in [0.1, 0.15) is 0 Å². The molecule has 2 heterocycles. The number of aryl methyl sites for hydroxylation is 2. The molecular formula is C26H24F3N3O5. The highest BCUT2D eigenvalue weighted by Crippen LogP contribution is 2.35. The number of nitrogens with zero attached hydrogens (tertiary/aromatic N) is 1. The van der Waals surface area contributed by atoms with Crippen molar-refractivity contribution >= 4 is 23.3 Å². The number of hydrogen-bond donors (Lipinski definition) is 3. The minimum atomic E-state index is -4.64. The van der Waals surface area contributed by atoms with Crippen LogP contribution in [0, 0.1) is 6.92 Å². The lowest BCUT2D eigenvalue weighted by atomic mass is 9.98.